The molecular formula is C50H32N4S. The smallest absolute Gasteiger partial charge is 0.160 e. The quantitative estimate of drug-likeness (QED) is 0.177. The zero-order chi connectivity index (χ0) is 36.3. The summed E-state index contributed by atoms with van der Waals surface area (Å²) in [7, 11) is 0. The van der Waals surface area contributed by atoms with Crippen LogP contribution in [0.1, 0.15) is 0 Å². The van der Waals surface area contributed by atoms with E-state index >= 15 is 0 Å². The number of rotatable bonds is 5. The fourth-order valence-electron chi connectivity index (χ4n) is 8.11. The first-order valence-electron chi connectivity index (χ1n) is 18.5. The molecule has 0 saturated heterocycles. The van der Waals surface area contributed by atoms with E-state index in [0.29, 0.717) is 5.82 Å². The minimum Gasteiger partial charge on any atom is -0.305 e. The van der Waals surface area contributed by atoms with E-state index in [4.69, 9.17) is 9.97 Å². The minimum atomic E-state index is 0.701. The van der Waals surface area contributed by atoms with Crippen LogP contribution in [0, 0.1) is 0 Å². The molecule has 8 aromatic carbocycles. The van der Waals surface area contributed by atoms with Crippen molar-refractivity contribution < 1.29 is 0 Å². The number of thiophene rings is 1. The van der Waals surface area contributed by atoms with Crippen molar-refractivity contribution in [3.63, 3.8) is 0 Å². The highest BCUT2D eigenvalue weighted by Crippen LogP contribution is 2.59. The highest BCUT2D eigenvalue weighted by atomic mass is 32.1. The van der Waals surface area contributed by atoms with Crippen molar-refractivity contribution in [2.75, 3.05) is 9.80 Å². The van der Waals surface area contributed by atoms with Gasteiger partial charge < -0.3 is 4.90 Å². The SMILES string of the molecule is c1ccc(-c2ccc(-c3nc(-c4ccc(N5c6ccccc6N(c6ccccc6)c6sc7ccccc7c65)cc4)nc4ccccc34)c3ccccc23)cc1. The fourth-order valence-corrected chi connectivity index (χ4v) is 9.33. The third-order valence-corrected chi connectivity index (χ3v) is 11.8. The van der Waals surface area contributed by atoms with Crippen LogP contribution in [0.3, 0.4) is 0 Å². The molecule has 0 N–H and O–H groups in total. The van der Waals surface area contributed by atoms with Gasteiger partial charge in [-0.2, -0.15) is 0 Å². The largest absolute Gasteiger partial charge is 0.305 e. The lowest BCUT2D eigenvalue weighted by molar-refractivity contribution is 1.20. The summed E-state index contributed by atoms with van der Waals surface area (Å²) in [6.07, 6.45) is 0. The zero-order valence-electron chi connectivity index (χ0n) is 29.7. The summed E-state index contributed by atoms with van der Waals surface area (Å²) >= 11 is 1.83. The molecule has 0 bridgehead atoms. The van der Waals surface area contributed by atoms with Gasteiger partial charge in [0, 0.05) is 38.0 Å². The Balaban J connectivity index is 1.05. The first-order valence-corrected chi connectivity index (χ1v) is 19.3. The molecule has 2 aromatic heterocycles. The standard InChI is InChI=1S/C50H32N4S/c1-3-15-33(16-4-1)37-31-32-40(39-20-8-7-19-38(37)39)47-41-21-9-11-23-43(41)51-49(52-47)34-27-29-36(30-28-34)53-44-24-12-13-25-45(44)54(35-17-5-2-6-18-35)50-48(53)42-22-10-14-26-46(42)55-50/h1-32H. The first-order chi connectivity index (χ1) is 27.3. The van der Waals surface area contributed by atoms with E-state index in [1.165, 1.54) is 42.7 Å². The van der Waals surface area contributed by atoms with Crippen LogP contribution in [0.5, 0.6) is 0 Å². The third kappa shape index (κ3) is 5.12. The number of hydrogen-bond acceptors (Lipinski definition) is 5. The number of aromatic nitrogens is 2. The number of anilines is 6. The number of fused-ring (bicyclic) bond motifs is 6. The third-order valence-electron chi connectivity index (χ3n) is 10.6. The molecule has 10 aromatic rings. The maximum Gasteiger partial charge on any atom is 0.160 e. The first kappa shape index (κ1) is 31.4. The van der Waals surface area contributed by atoms with Gasteiger partial charge in [0.1, 0.15) is 5.00 Å². The van der Waals surface area contributed by atoms with Crippen molar-refractivity contribution in [3.8, 4) is 33.8 Å². The lowest BCUT2D eigenvalue weighted by Crippen LogP contribution is -2.22. The van der Waals surface area contributed by atoms with E-state index in [0.717, 1.165) is 50.5 Å². The van der Waals surface area contributed by atoms with Gasteiger partial charge in [-0.25, -0.2) is 9.97 Å². The van der Waals surface area contributed by atoms with Crippen LogP contribution < -0.4 is 9.80 Å². The van der Waals surface area contributed by atoms with Crippen molar-refractivity contribution >= 4 is 76.5 Å². The molecule has 0 saturated carbocycles. The van der Waals surface area contributed by atoms with Gasteiger partial charge in [0.25, 0.3) is 0 Å². The fraction of sp³-hybridized carbons (Fsp3) is 0. The molecule has 0 fully saturated rings. The molecule has 0 spiro atoms. The molecule has 11 rings (SSSR count). The van der Waals surface area contributed by atoms with Gasteiger partial charge in [0.2, 0.25) is 0 Å². The topological polar surface area (TPSA) is 32.3 Å². The van der Waals surface area contributed by atoms with Crippen molar-refractivity contribution in [3.05, 3.63) is 194 Å². The van der Waals surface area contributed by atoms with E-state index in [9.17, 15) is 0 Å². The van der Waals surface area contributed by atoms with E-state index in [1.807, 2.05) is 11.3 Å². The molecule has 4 nitrogen and oxygen atoms in total. The van der Waals surface area contributed by atoms with Crippen molar-refractivity contribution in [1.82, 2.24) is 9.97 Å². The van der Waals surface area contributed by atoms with Gasteiger partial charge in [-0.3, -0.25) is 4.90 Å². The second-order valence-corrected chi connectivity index (χ2v) is 14.8. The predicted octanol–water partition coefficient (Wildman–Crippen LogP) is 14.3. The molecule has 0 aliphatic carbocycles. The second kappa shape index (κ2) is 12.8. The molecule has 0 amide bonds. The number of nitrogens with zero attached hydrogens (tertiary/aromatic N) is 4. The van der Waals surface area contributed by atoms with Gasteiger partial charge in [0.15, 0.2) is 5.82 Å². The summed E-state index contributed by atoms with van der Waals surface area (Å²) in [5.41, 5.74) is 12.0. The van der Waals surface area contributed by atoms with Crippen molar-refractivity contribution in [1.29, 1.82) is 0 Å². The normalized spacial score (nSPS) is 12.3. The Hall–Kier alpha value is -7.08. The molecule has 0 unspecified atom stereocenters. The Labute approximate surface area is 322 Å². The maximum absolute atomic E-state index is 5.35. The van der Waals surface area contributed by atoms with Gasteiger partial charge in [0.05, 0.1) is 28.3 Å². The number of hydrogen-bond donors (Lipinski definition) is 0. The Bertz CT molecular complexity index is 3050. The van der Waals surface area contributed by atoms with Gasteiger partial charge in [-0.1, -0.05) is 133 Å². The summed E-state index contributed by atoms with van der Waals surface area (Å²) < 4.78 is 1.25. The lowest BCUT2D eigenvalue weighted by atomic mass is 9.93. The molecule has 258 valence electrons. The van der Waals surface area contributed by atoms with Gasteiger partial charge >= 0.3 is 0 Å². The van der Waals surface area contributed by atoms with E-state index in [2.05, 4.69) is 204 Å². The van der Waals surface area contributed by atoms with E-state index in [1.54, 1.807) is 0 Å². The highest BCUT2D eigenvalue weighted by molar-refractivity contribution is 7.24. The summed E-state index contributed by atoms with van der Waals surface area (Å²) in [6.45, 7) is 0. The average Bonchev–Trinajstić information content (AvgIpc) is 3.64. The average molecular weight is 721 g/mol. The summed E-state index contributed by atoms with van der Waals surface area (Å²) in [6, 6.07) is 68.9. The lowest BCUT2D eigenvalue weighted by Gasteiger charge is -2.38. The summed E-state index contributed by atoms with van der Waals surface area (Å²) in [5.74, 6) is 0.701. The van der Waals surface area contributed by atoms with Crippen LogP contribution in [0.2, 0.25) is 0 Å². The van der Waals surface area contributed by atoms with Crippen LogP contribution in [0.15, 0.2) is 194 Å². The van der Waals surface area contributed by atoms with Crippen LogP contribution in [-0.2, 0) is 0 Å². The van der Waals surface area contributed by atoms with Gasteiger partial charge in [-0.15, -0.1) is 11.3 Å². The monoisotopic (exact) mass is 720 g/mol. The molecular weight excluding hydrogens is 689 g/mol. The molecule has 3 heterocycles. The van der Waals surface area contributed by atoms with Crippen molar-refractivity contribution in [2.24, 2.45) is 0 Å². The molecule has 0 radical (unpaired) electrons. The van der Waals surface area contributed by atoms with Crippen molar-refractivity contribution in [2.45, 2.75) is 0 Å². The van der Waals surface area contributed by atoms with Crippen LogP contribution in [-0.4, -0.2) is 9.97 Å². The van der Waals surface area contributed by atoms with Crippen LogP contribution in [0.4, 0.5) is 33.4 Å². The van der Waals surface area contributed by atoms with E-state index in [-0.39, 0.29) is 0 Å². The molecule has 55 heavy (non-hydrogen) atoms. The second-order valence-electron chi connectivity index (χ2n) is 13.8. The minimum absolute atomic E-state index is 0.701. The van der Waals surface area contributed by atoms with E-state index < -0.39 is 0 Å². The zero-order valence-corrected chi connectivity index (χ0v) is 30.5. The Morgan fingerprint density at radius 3 is 1.71 bits per heavy atom. The predicted molar refractivity (Wildman–Crippen MR) is 232 cm³/mol. The molecule has 5 heteroatoms. The molecule has 0 atom stereocenters. The molecule has 1 aliphatic heterocycles. The maximum atomic E-state index is 5.35. The summed E-state index contributed by atoms with van der Waals surface area (Å²) in [4.78, 5) is 15.3. The van der Waals surface area contributed by atoms with Crippen LogP contribution in [0.25, 0.3) is 65.5 Å². The Morgan fingerprint density at radius 2 is 0.945 bits per heavy atom. The molecule has 1 aliphatic rings. The highest BCUT2D eigenvalue weighted by Gasteiger charge is 2.33. The van der Waals surface area contributed by atoms with Crippen LogP contribution >= 0.6 is 11.3 Å². The van der Waals surface area contributed by atoms with Gasteiger partial charge in [-0.05, 0) is 82.6 Å². The number of benzene rings is 8. The summed E-state index contributed by atoms with van der Waals surface area (Å²) in [5, 5.41) is 5.83. The Kier molecular flexibility index (Phi) is 7.32. The Morgan fingerprint density at radius 1 is 0.382 bits per heavy atom. The number of para-hydroxylation sites is 4.